The lowest BCUT2D eigenvalue weighted by Crippen LogP contribution is -2.36. The van der Waals surface area contributed by atoms with Crippen molar-refractivity contribution >= 4 is 0 Å². The Morgan fingerprint density at radius 3 is 2.31 bits per heavy atom. The molecular weight excluding hydrogens is 196 g/mol. The Bertz CT molecular complexity index is 282. The summed E-state index contributed by atoms with van der Waals surface area (Å²) in [5.41, 5.74) is 7.36. The number of nitrogens with one attached hydrogen (secondary N) is 1. The molecule has 90 valence electrons. The summed E-state index contributed by atoms with van der Waals surface area (Å²) in [4.78, 5) is 0. The third-order valence-electron chi connectivity index (χ3n) is 2.76. The quantitative estimate of drug-likeness (QED) is 0.773. The van der Waals surface area contributed by atoms with Crippen LogP contribution in [0.5, 0.6) is 0 Å². The van der Waals surface area contributed by atoms with Crippen LogP contribution in [-0.2, 0) is 0 Å². The molecule has 1 aromatic carbocycles. The van der Waals surface area contributed by atoms with Gasteiger partial charge in [0.15, 0.2) is 0 Å². The molecule has 0 aromatic heterocycles. The summed E-state index contributed by atoms with van der Waals surface area (Å²) in [5.74, 6) is 0.670. The fourth-order valence-corrected chi connectivity index (χ4v) is 1.88. The molecule has 16 heavy (non-hydrogen) atoms. The van der Waals surface area contributed by atoms with Crippen molar-refractivity contribution in [2.75, 3.05) is 6.54 Å². The first-order valence-corrected chi connectivity index (χ1v) is 6.13. The molecule has 0 heterocycles. The number of rotatable bonds is 6. The molecule has 1 rings (SSSR count). The van der Waals surface area contributed by atoms with Gasteiger partial charge in [-0.2, -0.15) is 0 Å². The summed E-state index contributed by atoms with van der Waals surface area (Å²) in [6, 6.07) is 11.1. The Morgan fingerprint density at radius 1 is 1.12 bits per heavy atom. The van der Waals surface area contributed by atoms with E-state index >= 15 is 0 Å². The maximum absolute atomic E-state index is 6.04. The standard InChI is InChI=1S/C14H24N2/c1-11(2)9-14(15)10-16-12(3)13-7-5-4-6-8-13/h4-8,11-12,14,16H,9-10,15H2,1-3H3. The van der Waals surface area contributed by atoms with Crippen molar-refractivity contribution in [2.45, 2.75) is 39.3 Å². The lowest BCUT2D eigenvalue weighted by molar-refractivity contribution is 0.446. The molecule has 0 saturated heterocycles. The fraction of sp³-hybridized carbons (Fsp3) is 0.571. The predicted octanol–water partition coefficient (Wildman–Crippen LogP) is 2.71. The van der Waals surface area contributed by atoms with Crippen molar-refractivity contribution in [1.29, 1.82) is 0 Å². The molecule has 2 nitrogen and oxygen atoms in total. The molecular formula is C14H24N2. The van der Waals surface area contributed by atoms with Crippen LogP contribution in [0.4, 0.5) is 0 Å². The summed E-state index contributed by atoms with van der Waals surface area (Å²) in [6.07, 6.45) is 1.08. The minimum Gasteiger partial charge on any atom is -0.327 e. The van der Waals surface area contributed by atoms with Gasteiger partial charge in [0.1, 0.15) is 0 Å². The Labute approximate surface area is 99.2 Å². The lowest BCUT2D eigenvalue weighted by Gasteiger charge is -2.19. The minimum atomic E-state index is 0.256. The molecule has 0 fully saturated rings. The Balaban J connectivity index is 2.33. The zero-order valence-electron chi connectivity index (χ0n) is 10.6. The van der Waals surface area contributed by atoms with Crippen LogP contribution >= 0.6 is 0 Å². The molecule has 0 amide bonds. The van der Waals surface area contributed by atoms with Crippen LogP contribution < -0.4 is 11.1 Å². The zero-order chi connectivity index (χ0) is 12.0. The molecule has 2 unspecified atom stereocenters. The average Bonchev–Trinajstić information content (AvgIpc) is 2.26. The SMILES string of the molecule is CC(C)CC(N)CNC(C)c1ccccc1. The van der Waals surface area contributed by atoms with Gasteiger partial charge in [-0.25, -0.2) is 0 Å². The van der Waals surface area contributed by atoms with E-state index in [1.165, 1.54) is 5.56 Å². The van der Waals surface area contributed by atoms with Crippen molar-refractivity contribution < 1.29 is 0 Å². The lowest BCUT2D eigenvalue weighted by atomic mass is 10.0. The maximum atomic E-state index is 6.04. The Kier molecular flexibility index (Phi) is 5.50. The maximum Gasteiger partial charge on any atom is 0.0292 e. The third-order valence-corrected chi connectivity index (χ3v) is 2.76. The molecule has 0 aliphatic heterocycles. The van der Waals surface area contributed by atoms with Gasteiger partial charge in [-0.15, -0.1) is 0 Å². The van der Waals surface area contributed by atoms with Crippen LogP contribution in [0.2, 0.25) is 0 Å². The van der Waals surface area contributed by atoms with E-state index < -0.39 is 0 Å². The van der Waals surface area contributed by atoms with Gasteiger partial charge in [-0.05, 0) is 24.8 Å². The zero-order valence-corrected chi connectivity index (χ0v) is 10.6. The van der Waals surface area contributed by atoms with Gasteiger partial charge in [0.05, 0.1) is 0 Å². The molecule has 0 spiro atoms. The summed E-state index contributed by atoms with van der Waals surface area (Å²) in [7, 11) is 0. The molecule has 0 bridgehead atoms. The van der Waals surface area contributed by atoms with E-state index in [1.54, 1.807) is 0 Å². The smallest absolute Gasteiger partial charge is 0.0292 e. The van der Waals surface area contributed by atoms with Crippen LogP contribution in [-0.4, -0.2) is 12.6 Å². The molecule has 2 atom stereocenters. The second kappa shape index (κ2) is 6.66. The molecule has 3 N–H and O–H groups in total. The summed E-state index contributed by atoms with van der Waals surface area (Å²) in [6.45, 7) is 7.48. The van der Waals surface area contributed by atoms with Gasteiger partial charge in [-0.1, -0.05) is 44.2 Å². The molecule has 0 aliphatic carbocycles. The van der Waals surface area contributed by atoms with Gasteiger partial charge < -0.3 is 11.1 Å². The van der Waals surface area contributed by atoms with E-state index in [1.807, 2.05) is 6.07 Å². The highest BCUT2D eigenvalue weighted by Crippen LogP contribution is 2.11. The van der Waals surface area contributed by atoms with Crippen molar-refractivity contribution in [1.82, 2.24) is 5.32 Å². The normalized spacial score (nSPS) is 15.1. The van der Waals surface area contributed by atoms with Gasteiger partial charge >= 0.3 is 0 Å². The van der Waals surface area contributed by atoms with Crippen molar-refractivity contribution in [3.63, 3.8) is 0 Å². The first-order valence-electron chi connectivity index (χ1n) is 6.13. The Hall–Kier alpha value is -0.860. The van der Waals surface area contributed by atoms with Crippen LogP contribution in [0.15, 0.2) is 30.3 Å². The molecule has 0 radical (unpaired) electrons. The molecule has 0 aliphatic rings. The first kappa shape index (κ1) is 13.2. The van der Waals surface area contributed by atoms with E-state index in [9.17, 15) is 0 Å². The molecule has 0 saturated carbocycles. The number of hydrogen-bond donors (Lipinski definition) is 2. The van der Waals surface area contributed by atoms with Gasteiger partial charge in [0, 0.05) is 18.6 Å². The number of hydrogen-bond acceptors (Lipinski definition) is 2. The highest BCUT2D eigenvalue weighted by atomic mass is 14.9. The highest BCUT2D eigenvalue weighted by molar-refractivity contribution is 5.17. The fourth-order valence-electron chi connectivity index (χ4n) is 1.88. The second-order valence-corrected chi connectivity index (χ2v) is 4.93. The number of benzene rings is 1. The van der Waals surface area contributed by atoms with Crippen molar-refractivity contribution in [3.05, 3.63) is 35.9 Å². The van der Waals surface area contributed by atoms with Crippen molar-refractivity contribution in [3.8, 4) is 0 Å². The highest BCUT2D eigenvalue weighted by Gasteiger charge is 2.08. The van der Waals surface area contributed by atoms with Crippen LogP contribution in [0.3, 0.4) is 0 Å². The minimum absolute atomic E-state index is 0.256. The van der Waals surface area contributed by atoms with Gasteiger partial charge in [-0.3, -0.25) is 0 Å². The van der Waals surface area contributed by atoms with Crippen LogP contribution in [0, 0.1) is 5.92 Å². The van der Waals surface area contributed by atoms with Crippen LogP contribution in [0.1, 0.15) is 38.8 Å². The van der Waals surface area contributed by atoms with Crippen molar-refractivity contribution in [2.24, 2.45) is 11.7 Å². The second-order valence-electron chi connectivity index (χ2n) is 4.93. The van der Waals surface area contributed by atoms with Gasteiger partial charge in [0.2, 0.25) is 0 Å². The van der Waals surface area contributed by atoms with E-state index in [4.69, 9.17) is 5.73 Å². The van der Waals surface area contributed by atoms with E-state index in [0.29, 0.717) is 12.0 Å². The van der Waals surface area contributed by atoms with Crippen LogP contribution in [0.25, 0.3) is 0 Å². The summed E-state index contributed by atoms with van der Waals surface area (Å²) < 4.78 is 0. The molecule has 2 heteroatoms. The first-order chi connectivity index (χ1) is 7.59. The summed E-state index contributed by atoms with van der Waals surface area (Å²) in [5, 5.41) is 3.48. The largest absolute Gasteiger partial charge is 0.327 e. The molecule has 1 aromatic rings. The third kappa shape index (κ3) is 4.77. The van der Waals surface area contributed by atoms with E-state index in [2.05, 4.69) is 50.4 Å². The number of nitrogens with two attached hydrogens (primary N) is 1. The Morgan fingerprint density at radius 2 is 1.75 bits per heavy atom. The van der Waals surface area contributed by atoms with E-state index in [-0.39, 0.29) is 6.04 Å². The van der Waals surface area contributed by atoms with Gasteiger partial charge in [0.25, 0.3) is 0 Å². The summed E-state index contributed by atoms with van der Waals surface area (Å²) >= 11 is 0. The average molecular weight is 220 g/mol. The monoisotopic (exact) mass is 220 g/mol. The predicted molar refractivity (Wildman–Crippen MR) is 70.3 cm³/mol. The topological polar surface area (TPSA) is 38.0 Å². The van der Waals surface area contributed by atoms with E-state index in [0.717, 1.165) is 13.0 Å².